The summed E-state index contributed by atoms with van der Waals surface area (Å²) in [5, 5.41) is 0. The van der Waals surface area contributed by atoms with E-state index in [0.29, 0.717) is 12.0 Å². The molecule has 2 heteroatoms. The van der Waals surface area contributed by atoms with Gasteiger partial charge in [0.2, 0.25) is 0 Å². The van der Waals surface area contributed by atoms with Crippen molar-refractivity contribution in [2.24, 2.45) is 5.92 Å². The summed E-state index contributed by atoms with van der Waals surface area (Å²) in [4.78, 5) is 0. The van der Waals surface area contributed by atoms with E-state index in [1.54, 1.807) is 0 Å². The topological polar surface area (TPSA) is 21.8 Å². The number of ether oxygens (including phenoxy) is 2. The summed E-state index contributed by atoms with van der Waals surface area (Å²) in [5.74, 6) is 0.530. The van der Waals surface area contributed by atoms with Crippen LogP contribution in [-0.4, -0.2) is 17.5 Å². The maximum atomic E-state index is 5.99. The summed E-state index contributed by atoms with van der Waals surface area (Å²) in [6.45, 7) is 4.44. The van der Waals surface area contributed by atoms with Gasteiger partial charge >= 0.3 is 0 Å². The highest BCUT2D eigenvalue weighted by molar-refractivity contribution is 5.15. The van der Waals surface area contributed by atoms with Crippen molar-refractivity contribution < 1.29 is 9.47 Å². The van der Waals surface area contributed by atoms with Crippen LogP contribution < -0.4 is 0 Å². The minimum atomic E-state index is -0.137. The van der Waals surface area contributed by atoms with Gasteiger partial charge in [-0.1, -0.05) is 19.8 Å². The van der Waals surface area contributed by atoms with E-state index in [1.165, 1.54) is 25.7 Å². The molecule has 2 spiro atoms. The van der Waals surface area contributed by atoms with Crippen molar-refractivity contribution in [2.45, 2.75) is 63.4 Å². The number of hydrogen-bond acceptors (Lipinski definition) is 2. The van der Waals surface area contributed by atoms with Gasteiger partial charge in [0.25, 0.3) is 0 Å². The van der Waals surface area contributed by atoms with Crippen molar-refractivity contribution in [2.75, 3.05) is 0 Å². The second-order valence-corrected chi connectivity index (χ2v) is 5.06. The van der Waals surface area contributed by atoms with E-state index in [-0.39, 0.29) is 11.4 Å². The molecule has 2 saturated heterocycles. The quantitative estimate of drug-likeness (QED) is 0.537. The van der Waals surface area contributed by atoms with Crippen molar-refractivity contribution >= 4 is 0 Å². The molecule has 3 aliphatic rings. The van der Waals surface area contributed by atoms with Gasteiger partial charge in [0.15, 0.2) is 5.79 Å². The Morgan fingerprint density at radius 3 is 2.38 bits per heavy atom. The molecule has 1 unspecified atom stereocenters. The normalized spacial score (nSPS) is 52.2. The zero-order valence-corrected chi connectivity index (χ0v) is 8.51. The van der Waals surface area contributed by atoms with Crippen LogP contribution in [0.15, 0.2) is 0 Å². The monoisotopic (exact) mass is 182 g/mol. The first kappa shape index (κ1) is 8.25. The molecule has 3 rings (SSSR count). The third kappa shape index (κ3) is 0.909. The second kappa shape index (κ2) is 2.29. The first-order valence-electron chi connectivity index (χ1n) is 5.56. The van der Waals surface area contributed by atoms with E-state index in [1.807, 2.05) is 0 Å². The van der Waals surface area contributed by atoms with E-state index < -0.39 is 0 Å². The lowest BCUT2D eigenvalue weighted by molar-refractivity contribution is -0.0356. The number of fused-ring (bicyclic) bond motifs is 1. The van der Waals surface area contributed by atoms with E-state index in [4.69, 9.17) is 9.47 Å². The Bertz CT molecular complexity index is 220. The molecule has 0 radical (unpaired) electrons. The average molecular weight is 182 g/mol. The van der Waals surface area contributed by atoms with E-state index in [2.05, 4.69) is 13.8 Å². The SMILES string of the molecule is C[C@@H]1OC2(C[C@@H]1C)OC21CCCC1. The summed E-state index contributed by atoms with van der Waals surface area (Å²) in [5.41, 5.74) is 0.159. The molecule has 3 atom stereocenters. The van der Waals surface area contributed by atoms with Crippen molar-refractivity contribution in [1.29, 1.82) is 0 Å². The lowest BCUT2D eigenvalue weighted by atomic mass is 9.94. The molecular weight excluding hydrogens is 164 g/mol. The van der Waals surface area contributed by atoms with E-state index in [0.717, 1.165) is 6.42 Å². The summed E-state index contributed by atoms with van der Waals surface area (Å²) in [6.07, 6.45) is 6.62. The molecule has 0 aromatic carbocycles. The van der Waals surface area contributed by atoms with Crippen LogP contribution in [0.4, 0.5) is 0 Å². The molecule has 13 heavy (non-hydrogen) atoms. The second-order valence-electron chi connectivity index (χ2n) is 5.06. The van der Waals surface area contributed by atoms with E-state index in [9.17, 15) is 0 Å². The highest BCUT2D eigenvalue weighted by atomic mass is 16.8. The standard InChI is InChI=1S/C11H18O2/c1-8-7-11(12-9(8)2)10(13-11)5-3-4-6-10/h8-9H,3-7H2,1-2H3/t8-,9-,11?/m0/s1. The number of hydrogen-bond donors (Lipinski definition) is 0. The third-order valence-corrected chi connectivity index (χ3v) is 4.19. The van der Waals surface area contributed by atoms with Crippen molar-refractivity contribution in [1.82, 2.24) is 0 Å². The maximum Gasteiger partial charge on any atom is 0.199 e. The first-order chi connectivity index (χ1) is 6.18. The van der Waals surface area contributed by atoms with Gasteiger partial charge in [-0.3, -0.25) is 0 Å². The van der Waals surface area contributed by atoms with Gasteiger partial charge in [-0.25, -0.2) is 0 Å². The van der Waals surface area contributed by atoms with Crippen LogP contribution in [0, 0.1) is 5.92 Å². The molecule has 0 N–H and O–H groups in total. The predicted octanol–water partition coefficient (Wildman–Crippen LogP) is 2.47. The van der Waals surface area contributed by atoms with Crippen LogP contribution in [0.1, 0.15) is 46.0 Å². The van der Waals surface area contributed by atoms with Crippen molar-refractivity contribution in [3.63, 3.8) is 0 Å². The lowest BCUT2D eigenvalue weighted by Crippen LogP contribution is -2.23. The fourth-order valence-electron chi connectivity index (χ4n) is 3.13. The fraction of sp³-hybridized carbons (Fsp3) is 1.00. The number of rotatable bonds is 0. The zero-order valence-electron chi connectivity index (χ0n) is 8.51. The van der Waals surface area contributed by atoms with Crippen LogP contribution in [0.2, 0.25) is 0 Å². The largest absolute Gasteiger partial charge is 0.344 e. The Balaban J connectivity index is 1.80. The maximum absolute atomic E-state index is 5.99. The molecule has 0 amide bonds. The molecule has 3 fully saturated rings. The third-order valence-electron chi connectivity index (χ3n) is 4.19. The van der Waals surface area contributed by atoms with Gasteiger partial charge in [0, 0.05) is 6.42 Å². The molecule has 2 aliphatic heterocycles. The average Bonchev–Trinajstić information content (AvgIpc) is 2.48. The van der Waals surface area contributed by atoms with Gasteiger partial charge in [-0.2, -0.15) is 0 Å². The molecule has 0 bridgehead atoms. The van der Waals surface area contributed by atoms with Crippen LogP contribution in [0.25, 0.3) is 0 Å². The summed E-state index contributed by atoms with van der Waals surface area (Å²) < 4.78 is 11.9. The highest BCUT2D eigenvalue weighted by Crippen LogP contribution is 2.64. The molecule has 74 valence electrons. The van der Waals surface area contributed by atoms with Gasteiger partial charge in [0.05, 0.1) is 6.10 Å². The molecule has 2 heterocycles. The summed E-state index contributed by atoms with van der Waals surface area (Å²) in [6, 6.07) is 0. The molecule has 1 aliphatic carbocycles. The first-order valence-corrected chi connectivity index (χ1v) is 5.56. The van der Waals surface area contributed by atoms with Gasteiger partial charge in [-0.05, 0) is 25.7 Å². The zero-order chi connectivity index (χ0) is 9.10. The van der Waals surface area contributed by atoms with Crippen LogP contribution in [0.3, 0.4) is 0 Å². The summed E-state index contributed by atoms with van der Waals surface area (Å²) in [7, 11) is 0. The molecule has 2 nitrogen and oxygen atoms in total. The van der Waals surface area contributed by atoms with Crippen LogP contribution in [-0.2, 0) is 9.47 Å². The Labute approximate surface area is 79.6 Å². The van der Waals surface area contributed by atoms with Crippen molar-refractivity contribution in [3.05, 3.63) is 0 Å². The lowest BCUT2D eigenvalue weighted by Gasteiger charge is -2.09. The van der Waals surface area contributed by atoms with Crippen LogP contribution in [0.5, 0.6) is 0 Å². The Morgan fingerprint density at radius 2 is 1.85 bits per heavy atom. The van der Waals surface area contributed by atoms with Gasteiger partial charge < -0.3 is 9.47 Å². The molecule has 0 aromatic heterocycles. The number of epoxide rings is 1. The Hall–Kier alpha value is -0.0800. The van der Waals surface area contributed by atoms with E-state index >= 15 is 0 Å². The van der Waals surface area contributed by atoms with Crippen LogP contribution >= 0.6 is 0 Å². The smallest absolute Gasteiger partial charge is 0.199 e. The minimum Gasteiger partial charge on any atom is -0.344 e. The highest BCUT2D eigenvalue weighted by Gasteiger charge is 2.74. The van der Waals surface area contributed by atoms with Gasteiger partial charge in [0.1, 0.15) is 5.60 Å². The fourth-order valence-corrected chi connectivity index (χ4v) is 3.13. The van der Waals surface area contributed by atoms with Crippen molar-refractivity contribution in [3.8, 4) is 0 Å². The molecular formula is C11H18O2. The predicted molar refractivity (Wildman–Crippen MR) is 49.3 cm³/mol. The molecule has 0 aromatic rings. The Kier molecular flexibility index (Phi) is 1.45. The van der Waals surface area contributed by atoms with Gasteiger partial charge in [-0.15, -0.1) is 0 Å². The molecule has 1 saturated carbocycles. The minimum absolute atomic E-state index is 0.137. The Morgan fingerprint density at radius 1 is 1.15 bits per heavy atom. The summed E-state index contributed by atoms with van der Waals surface area (Å²) >= 11 is 0.